The van der Waals surface area contributed by atoms with Crippen molar-refractivity contribution >= 4 is 21.9 Å². The summed E-state index contributed by atoms with van der Waals surface area (Å²) in [6.45, 7) is 0.933. The number of H-pyrrole nitrogens is 1. The molecule has 144 valence electrons. The summed E-state index contributed by atoms with van der Waals surface area (Å²) in [5.74, 6) is 0.700. The maximum Gasteiger partial charge on any atom is 0.100 e. The minimum absolute atomic E-state index is 0.700. The van der Waals surface area contributed by atoms with Gasteiger partial charge < -0.3 is 9.88 Å². The fourth-order valence-corrected chi connectivity index (χ4v) is 4.76. The van der Waals surface area contributed by atoms with E-state index in [0.717, 1.165) is 17.6 Å². The first-order valence-corrected chi connectivity index (χ1v) is 10.4. The highest BCUT2D eigenvalue weighted by Crippen LogP contribution is 2.37. The molecular formula is C24H28N4. The second-order valence-corrected chi connectivity index (χ2v) is 8.48. The highest BCUT2D eigenvalue weighted by molar-refractivity contribution is 5.87. The Morgan fingerprint density at radius 3 is 2.75 bits per heavy atom. The topological polar surface area (TPSA) is 36.9 Å². The molecule has 0 saturated heterocycles. The first kappa shape index (κ1) is 17.5. The number of aromatic amines is 1. The lowest BCUT2D eigenvalue weighted by atomic mass is 9.84. The van der Waals surface area contributed by atoms with E-state index in [4.69, 9.17) is 0 Å². The Balaban J connectivity index is 1.55. The molecule has 2 aromatic heterocycles. The Morgan fingerprint density at radius 1 is 1.07 bits per heavy atom. The van der Waals surface area contributed by atoms with Gasteiger partial charge in [0.05, 0.1) is 11.0 Å². The van der Waals surface area contributed by atoms with E-state index in [1.807, 2.05) is 6.33 Å². The van der Waals surface area contributed by atoms with Crippen molar-refractivity contribution in [3.05, 3.63) is 60.0 Å². The summed E-state index contributed by atoms with van der Waals surface area (Å²) in [6, 6.07) is 13.4. The summed E-state index contributed by atoms with van der Waals surface area (Å²) in [5, 5.41) is 1.37. The molecule has 4 aromatic rings. The van der Waals surface area contributed by atoms with Crippen molar-refractivity contribution in [3.8, 4) is 5.69 Å². The number of aromatic nitrogens is 3. The van der Waals surface area contributed by atoms with Gasteiger partial charge in [-0.2, -0.15) is 0 Å². The molecule has 0 bridgehead atoms. The standard InChI is InChI=1S/C24H28N4/c1-27(2)15-17-8-11-24-23(12-17)26-16-28(24)19-9-10-22-20(13-19)21(14-25-22)18-6-4-3-5-7-18/h8-14,16,18,25H,3-7,15H2,1-2H3. The van der Waals surface area contributed by atoms with Crippen molar-refractivity contribution in [2.45, 2.75) is 44.6 Å². The Bertz CT molecular complexity index is 1110. The summed E-state index contributed by atoms with van der Waals surface area (Å²) in [5.41, 5.74) is 7.43. The average Bonchev–Trinajstić information content (AvgIpc) is 3.31. The molecule has 0 unspecified atom stereocenters. The van der Waals surface area contributed by atoms with Crippen molar-refractivity contribution in [2.75, 3.05) is 14.1 Å². The molecule has 1 N–H and O–H groups in total. The van der Waals surface area contributed by atoms with Crippen LogP contribution in [-0.2, 0) is 6.54 Å². The second kappa shape index (κ2) is 7.10. The highest BCUT2D eigenvalue weighted by atomic mass is 15.1. The van der Waals surface area contributed by atoms with Crippen LogP contribution in [0.3, 0.4) is 0 Å². The summed E-state index contributed by atoms with van der Waals surface area (Å²) in [4.78, 5) is 10.4. The van der Waals surface area contributed by atoms with Gasteiger partial charge in [-0.05, 0) is 74.3 Å². The lowest BCUT2D eigenvalue weighted by molar-refractivity contribution is 0.402. The number of hydrogen-bond acceptors (Lipinski definition) is 2. The Morgan fingerprint density at radius 2 is 1.93 bits per heavy atom. The van der Waals surface area contributed by atoms with Gasteiger partial charge in [-0.1, -0.05) is 25.3 Å². The van der Waals surface area contributed by atoms with Crippen LogP contribution < -0.4 is 0 Å². The molecule has 0 radical (unpaired) electrons. The molecule has 5 rings (SSSR count). The number of fused-ring (bicyclic) bond motifs is 2. The van der Waals surface area contributed by atoms with Gasteiger partial charge in [0.2, 0.25) is 0 Å². The first-order valence-electron chi connectivity index (χ1n) is 10.4. The largest absolute Gasteiger partial charge is 0.361 e. The molecule has 28 heavy (non-hydrogen) atoms. The van der Waals surface area contributed by atoms with Gasteiger partial charge in [0.15, 0.2) is 0 Å². The monoisotopic (exact) mass is 372 g/mol. The molecule has 4 heteroatoms. The first-order chi connectivity index (χ1) is 13.7. The van der Waals surface area contributed by atoms with Crippen molar-refractivity contribution in [2.24, 2.45) is 0 Å². The zero-order valence-electron chi connectivity index (χ0n) is 16.8. The summed E-state index contributed by atoms with van der Waals surface area (Å²) < 4.78 is 2.21. The highest BCUT2D eigenvalue weighted by Gasteiger charge is 2.19. The molecule has 1 saturated carbocycles. The Hall–Kier alpha value is -2.59. The van der Waals surface area contributed by atoms with E-state index < -0.39 is 0 Å². The van der Waals surface area contributed by atoms with Gasteiger partial charge in [-0.25, -0.2) is 4.98 Å². The fraction of sp³-hybridized carbons (Fsp3) is 0.375. The lowest BCUT2D eigenvalue weighted by Gasteiger charge is -2.21. The third-order valence-corrected chi connectivity index (χ3v) is 6.13. The smallest absolute Gasteiger partial charge is 0.100 e. The summed E-state index contributed by atoms with van der Waals surface area (Å²) >= 11 is 0. The van der Waals surface area contributed by atoms with Crippen molar-refractivity contribution in [3.63, 3.8) is 0 Å². The number of imidazole rings is 1. The van der Waals surface area contributed by atoms with Crippen LogP contribution in [-0.4, -0.2) is 33.5 Å². The SMILES string of the molecule is CN(C)Cc1ccc2c(c1)ncn2-c1ccc2[nH]cc(C3CCCCC3)c2c1. The van der Waals surface area contributed by atoms with E-state index in [1.54, 1.807) is 0 Å². The van der Waals surface area contributed by atoms with Crippen LogP contribution >= 0.6 is 0 Å². The van der Waals surface area contributed by atoms with Gasteiger partial charge in [0, 0.05) is 29.3 Å². The quantitative estimate of drug-likeness (QED) is 0.505. The van der Waals surface area contributed by atoms with E-state index in [-0.39, 0.29) is 0 Å². The van der Waals surface area contributed by atoms with Crippen LogP contribution in [0.2, 0.25) is 0 Å². The zero-order chi connectivity index (χ0) is 19.1. The molecule has 4 nitrogen and oxygen atoms in total. The minimum Gasteiger partial charge on any atom is -0.361 e. The van der Waals surface area contributed by atoms with Crippen LogP contribution in [0.15, 0.2) is 48.9 Å². The molecule has 2 aromatic carbocycles. The van der Waals surface area contributed by atoms with Crippen LogP contribution in [0.4, 0.5) is 0 Å². The fourth-order valence-electron chi connectivity index (χ4n) is 4.76. The number of hydrogen-bond donors (Lipinski definition) is 1. The van der Waals surface area contributed by atoms with Crippen LogP contribution in [0.5, 0.6) is 0 Å². The van der Waals surface area contributed by atoms with Gasteiger partial charge in [-0.3, -0.25) is 4.57 Å². The molecule has 0 spiro atoms. The van der Waals surface area contributed by atoms with E-state index >= 15 is 0 Å². The van der Waals surface area contributed by atoms with Crippen LogP contribution in [0.1, 0.15) is 49.1 Å². The number of nitrogens with zero attached hydrogens (tertiary/aromatic N) is 3. The van der Waals surface area contributed by atoms with Crippen LogP contribution in [0.25, 0.3) is 27.6 Å². The maximum absolute atomic E-state index is 4.68. The molecule has 1 aliphatic carbocycles. The van der Waals surface area contributed by atoms with E-state index in [0.29, 0.717) is 5.92 Å². The van der Waals surface area contributed by atoms with Gasteiger partial charge in [-0.15, -0.1) is 0 Å². The average molecular weight is 373 g/mol. The number of benzene rings is 2. The number of nitrogens with one attached hydrogen (secondary N) is 1. The summed E-state index contributed by atoms with van der Waals surface area (Å²) in [7, 11) is 4.19. The molecule has 2 heterocycles. The number of rotatable bonds is 4. The van der Waals surface area contributed by atoms with E-state index in [9.17, 15) is 0 Å². The minimum atomic E-state index is 0.700. The molecule has 0 amide bonds. The predicted molar refractivity (Wildman–Crippen MR) is 116 cm³/mol. The Kier molecular flexibility index (Phi) is 4.44. The van der Waals surface area contributed by atoms with Crippen LogP contribution in [0, 0.1) is 0 Å². The van der Waals surface area contributed by atoms with Crippen molar-refractivity contribution in [1.82, 2.24) is 19.4 Å². The molecule has 0 atom stereocenters. The molecule has 1 aliphatic rings. The van der Waals surface area contributed by atoms with Crippen molar-refractivity contribution < 1.29 is 0 Å². The van der Waals surface area contributed by atoms with Gasteiger partial charge in [0.25, 0.3) is 0 Å². The second-order valence-electron chi connectivity index (χ2n) is 8.48. The third-order valence-electron chi connectivity index (χ3n) is 6.13. The lowest BCUT2D eigenvalue weighted by Crippen LogP contribution is -2.10. The van der Waals surface area contributed by atoms with E-state index in [1.165, 1.54) is 59.8 Å². The zero-order valence-corrected chi connectivity index (χ0v) is 16.8. The van der Waals surface area contributed by atoms with E-state index in [2.05, 4.69) is 76.1 Å². The molecule has 0 aliphatic heterocycles. The summed E-state index contributed by atoms with van der Waals surface area (Å²) in [6.07, 6.45) is 10.9. The molecular weight excluding hydrogens is 344 g/mol. The Labute approximate surface area is 166 Å². The van der Waals surface area contributed by atoms with Gasteiger partial charge >= 0.3 is 0 Å². The normalized spacial score (nSPS) is 15.8. The van der Waals surface area contributed by atoms with Crippen molar-refractivity contribution in [1.29, 1.82) is 0 Å². The van der Waals surface area contributed by atoms with Gasteiger partial charge in [0.1, 0.15) is 6.33 Å². The molecule has 1 fully saturated rings. The predicted octanol–water partition coefficient (Wildman–Crippen LogP) is 5.62. The maximum atomic E-state index is 4.68. The third kappa shape index (κ3) is 3.12.